The van der Waals surface area contributed by atoms with Crippen molar-refractivity contribution in [1.29, 1.82) is 0 Å². The van der Waals surface area contributed by atoms with Crippen LogP contribution >= 0.6 is 11.8 Å². The summed E-state index contributed by atoms with van der Waals surface area (Å²) in [7, 11) is 2.00. The molecule has 2 unspecified atom stereocenters. The summed E-state index contributed by atoms with van der Waals surface area (Å²) < 4.78 is 54.6. The van der Waals surface area contributed by atoms with E-state index in [0.717, 1.165) is 47.8 Å². The third-order valence-corrected chi connectivity index (χ3v) is 6.92. The summed E-state index contributed by atoms with van der Waals surface area (Å²) in [5, 5.41) is -0.645. The van der Waals surface area contributed by atoms with Crippen molar-refractivity contribution in [3.05, 3.63) is 70.6 Å². The molecule has 4 rings (SSSR count). The summed E-state index contributed by atoms with van der Waals surface area (Å²) in [5.74, 6) is -0.461. The maximum Gasteiger partial charge on any atom is 0.416 e. The Morgan fingerprint density at radius 3 is 2.19 bits per heavy atom. The van der Waals surface area contributed by atoms with Crippen LogP contribution in [0.25, 0.3) is 6.08 Å². The van der Waals surface area contributed by atoms with Gasteiger partial charge < -0.3 is 4.90 Å². The smallest absolute Gasteiger partial charge is 0.304 e. The van der Waals surface area contributed by atoms with Gasteiger partial charge in [-0.2, -0.15) is 13.2 Å². The van der Waals surface area contributed by atoms with E-state index >= 15 is 4.39 Å². The van der Waals surface area contributed by atoms with Gasteiger partial charge in [-0.3, -0.25) is 14.6 Å². The summed E-state index contributed by atoms with van der Waals surface area (Å²) in [5.41, 5.74) is 0.0524. The summed E-state index contributed by atoms with van der Waals surface area (Å²) >= 11 is 1.18. The lowest BCUT2D eigenvalue weighted by Crippen LogP contribution is -2.57. The Morgan fingerprint density at radius 2 is 1.59 bits per heavy atom. The number of thioether (sulfide) groups is 1. The van der Waals surface area contributed by atoms with E-state index in [-0.39, 0.29) is 5.69 Å². The van der Waals surface area contributed by atoms with Gasteiger partial charge in [-0.1, -0.05) is 42.1 Å². The van der Waals surface area contributed by atoms with Gasteiger partial charge in [-0.25, -0.2) is 4.39 Å². The Morgan fingerprint density at radius 1 is 0.969 bits per heavy atom. The minimum atomic E-state index is -4.50. The van der Waals surface area contributed by atoms with Gasteiger partial charge in [0.1, 0.15) is 5.37 Å². The maximum absolute atomic E-state index is 15.6. The number of rotatable bonds is 3. The number of likely N-dealkylation sites (N-methyl/N-ethyl adjacent to an activating group) is 1. The van der Waals surface area contributed by atoms with E-state index in [1.165, 1.54) is 11.8 Å². The molecule has 9 heteroatoms. The SMILES string of the molecule is CN1CCN(C2SC(=Cc3ccccc3)C(F)N(c3ccc(C(F)(F)F)cc3)C2=O)CC1. The van der Waals surface area contributed by atoms with Crippen molar-refractivity contribution < 1.29 is 22.4 Å². The Bertz CT molecular complexity index is 973. The molecule has 0 aromatic heterocycles. The van der Waals surface area contributed by atoms with Crippen molar-refractivity contribution in [3.8, 4) is 0 Å². The first-order chi connectivity index (χ1) is 15.2. The molecule has 2 fully saturated rings. The molecule has 2 heterocycles. The average Bonchev–Trinajstić information content (AvgIpc) is 2.77. The van der Waals surface area contributed by atoms with E-state index in [1.807, 2.05) is 42.3 Å². The van der Waals surface area contributed by atoms with E-state index < -0.39 is 29.3 Å². The van der Waals surface area contributed by atoms with Crippen molar-refractivity contribution in [1.82, 2.24) is 9.80 Å². The van der Waals surface area contributed by atoms with Crippen LogP contribution in [-0.4, -0.2) is 60.6 Å². The minimum Gasteiger partial charge on any atom is -0.304 e. The van der Waals surface area contributed by atoms with Crippen LogP contribution in [0.5, 0.6) is 0 Å². The first-order valence-corrected chi connectivity index (χ1v) is 11.1. The molecule has 2 atom stereocenters. The van der Waals surface area contributed by atoms with Crippen molar-refractivity contribution in [2.45, 2.75) is 17.8 Å². The standard InChI is InChI=1S/C23H23F4N3OS/c1-28-11-13-29(14-12-28)22-21(31)30(18-9-7-17(8-10-18)23(25,26)27)20(24)19(32-22)15-16-5-3-2-4-6-16/h2-10,15,20,22H,11-14H2,1H3. The zero-order valence-corrected chi connectivity index (χ0v) is 18.2. The second-order valence-corrected chi connectivity index (χ2v) is 9.01. The molecule has 1 amide bonds. The van der Waals surface area contributed by atoms with Gasteiger partial charge in [-0.15, -0.1) is 0 Å². The van der Waals surface area contributed by atoms with Gasteiger partial charge in [0.15, 0.2) is 0 Å². The van der Waals surface area contributed by atoms with E-state index in [0.29, 0.717) is 18.0 Å². The summed E-state index contributed by atoms with van der Waals surface area (Å²) in [4.78, 5) is 18.8. The zero-order valence-electron chi connectivity index (χ0n) is 17.4. The van der Waals surface area contributed by atoms with Crippen LogP contribution in [-0.2, 0) is 11.0 Å². The number of halogens is 4. The number of carbonyl (C=O) groups excluding carboxylic acids is 1. The van der Waals surface area contributed by atoms with Gasteiger partial charge in [-0.05, 0) is 43.0 Å². The lowest BCUT2D eigenvalue weighted by Gasteiger charge is -2.43. The van der Waals surface area contributed by atoms with Crippen molar-refractivity contribution in [2.24, 2.45) is 0 Å². The van der Waals surface area contributed by atoms with Crippen LogP contribution < -0.4 is 4.90 Å². The van der Waals surface area contributed by atoms with Crippen LogP contribution in [0.1, 0.15) is 11.1 Å². The zero-order chi connectivity index (χ0) is 22.9. The van der Waals surface area contributed by atoms with Crippen molar-refractivity contribution in [2.75, 3.05) is 38.1 Å². The van der Waals surface area contributed by atoms with Gasteiger partial charge in [0, 0.05) is 36.8 Å². The molecule has 2 aromatic rings. The normalized spacial score (nSPS) is 24.8. The van der Waals surface area contributed by atoms with Gasteiger partial charge in [0.05, 0.1) is 5.56 Å². The highest BCUT2D eigenvalue weighted by atomic mass is 32.2. The fraction of sp³-hybridized carbons (Fsp3) is 0.348. The van der Waals surface area contributed by atoms with Crippen LogP contribution in [0.3, 0.4) is 0 Å². The molecule has 32 heavy (non-hydrogen) atoms. The third kappa shape index (κ3) is 4.84. The largest absolute Gasteiger partial charge is 0.416 e. The molecular formula is C23H23F4N3OS. The summed E-state index contributed by atoms with van der Waals surface area (Å²) in [6.45, 7) is 2.86. The lowest BCUT2D eigenvalue weighted by molar-refractivity contribution is -0.137. The molecule has 0 bridgehead atoms. The molecule has 0 radical (unpaired) electrons. The monoisotopic (exact) mass is 465 g/mol. The fourth-order valence-electron chi connectivity index (χ4n) is 3.77. The molecule has 2 aliphatic rings. The van der Waals surface area contributed by atoms with Gasteiger partial charge in [0.2, 0.25) is 6.30 Å². The van der Waals surface area contributed by atoms with Crippen molar-refractivity contribution >= 4 is 29.4 Å². The predicted octanol–water partition coefficient (Wildman–Crippen LogP) is 4.70. The number of amides is 1. The van der Waals surface area contributed by atoms with E-state index in [2.05, 4.69) is 4.90 Å². The first kappa shape index (κ1) is 22.8. The quantitative estimate of drug-likeness (QED) is 0.485. The number of hydrogen-bond donors (Lipinski definition) is 0. The number of alkyl halides is 4. The van der Waals surface area contributed by atoms with Crippen LogP contribution in [0, 0.1) is 0 Å². The Balaban J connectivity index is 1.69. The number of hydrogen-bond acceptors (Lipinski definition) is 4. The second kappa shape index (κ2) is 9.25. The fourth-order valence-corrected chi connectivity index (χ4v) is 5.02. The van der Waals surface area contributed by atoms with Crippen LogP contribution in [0.15, 0.2) is 59.5 Å². The molecule has 0 spiro atoms. The Kier molecular flexibility index (Phi) is 6.60. The lowest BCUT2D eigenvalue weighted by atomic mass is 10.1. The highest BCUT2D eigenvalue weighted by Gasteiger charge is 2.43. The summed E-state index contributed by atoms with van der Waals surface area (Å²) in [6.07, 6.45) is -4.59. The number of anilines is 1. The Labute approximate surface area is 188 Å². The molecule has 2 aliphatic heterocycles. The van der Waals surface area contributed by atoms with E-state index in [9.17, 15) is 18.0 Å². The Hall–Kier alpha value is -2.36. The molecule has 0 saturated carbocycles. The second-order valence-electron chi connectivity index (χ2n) is 7.86. The van der Waals surface area contributed by atoms with E-state index in [4.69, 9.17) is 0 Å². The first-order valence-electron chi connectivity index (χ1n) is 10.2. The highest BCUT2D eigenvalue weighted by molar-refractivity contribution is 8.04. The molecule has 2 saturated heterocycles. The molecular weight excluding hydrogens is 442 g/mol. The number of nitrogens with zero attached hydrogens (tertiary/aromatic N) is 3. The summed E-state index contributed by atoms with van der Waals surface area (Å²) in [6, 6.07) is 13.3. The maximum atomic E-state index is 15.6. The van der Waals surface area contributed by atoms with Crippen molar-refractivity contribution in [3.63, 3.8) is 0 Å². The van der Waals surface area contributed by atoms with Crippen LogP contribution in [0.4, 0.5) is 23.2 Å². The third-order valence-electron chi connectivity index (χ3n) is 5.61. The number of benzene rings is 2. The molecule has 2 aromatic carbocycles. The molecule has 4 nitrogen and oxygen atoms in total. The predicted molar refractivity (Wildman–Crippen MR) is 119 cm³/mol. The highest BCUT2D eigenvalue weighted by Crippen LogP contribution is 2.41. The van der Waals surface area contributed by atoms with Gasteiger partial charge in [0.25, 0.3) is 5.91 Å². The minimum absolute atomic E-state index is 0.105. The van der Waals surface area contributed by atoms with Crippen LogP contribution in [0.2, 0.25) is 0 Å². The van der Waals surface area contributed by atoms with E-state index in [1.54, 1.807) is 6.08 Å². The topological polar surface area (TPSA) is 26.8 Å². The molecule has 0 aliphatic carbocycles. The van der Waals surface area contributed by atoms with Gasteiger partial charge >= 0.3 is 6.18 Å². The number of piperazine rings is 1. The number of carbonyl (C=O) groups is 1. The molecule has 0 N–H and O–H groups in total. The molecule has 170 valence electrons. The average molecular weight is 466 g/mol.